The van der Waals surface area contributed by atoms with Crippen LogP contribution >= 0.6 is 0 Å². The Balaban J connectivity index is 1.73. The summed E-state index contributed by atoms with van der Waals surface area (Å²) < 4.78 is 10.5. The zero-order valence-corrected chi connectivity index (χ0v) is 17.1. The lowest BCUT2D eigenvalue weighted by Gasteiger charge is -2.15. The van der Waals surface area contributed by atoms with E-state index >= 15 is 0 Å². The van der Waals surface area contributed by atoms with Crippen LogP contribution in [0.2, 0.25) is 0 Å². The summed E-state index contributed by atoms with van der Waals surface area (Å²) in [5.41, 5.74) is 3.10. The Bertz CT molecular complexity index is 1160. The normalized spacial score (nSPS) is 15.1. The lowest BCUT2D eigenvalue weighted by Crippen LogP contribution is -2.42. The molecule has 1 unspecified atom stereocenters. The summed E-state index contributed by atoms with van der Waals surface area (Å²) in [7, 11) is 2.98. The van der Waals surface area contributed by atoms with Crippen molar-refractivity contribution in [1.29, 1.82) is 0 Å². The van der Waals surface area contributed by atoms with Gasteiger partial charge in [-0.3, -0.25) is 9.59 Å². The summed E-state index contributed by atoms with van der Waals surface area (Å²) >= 11 is 0. The van der Waals surface area contributed by atoms with Crippen molar-refractivity contribution >= 4 is 23.2 Å². The topological polar surface area (TPSA) is 89.0 Å². The largest absolute Gasteiger partial charge is 0.497 e. The number of fused-ring (bicyclic) bond motifs is 1. The monoisotopic (exact) mass is 415 g/mol. The highest BCUT2D eigenvalue weighted by Crippen LogP contribution is 2.26. The second-order valence-corrected chi connectivity index (χ2v) is 6.82. The first kappa shape index (κ1) is 20.2. The molecule has 7 heteroatoms. The zero-order valence-electron chi connectivity index (χ0n) is 17.1. The molecule has 0 spiro atoms. The van der Waals surface area contributed by atoms with E-state index in [0.29, 0.717) is 22.9 Å². The lowest BCUT2D eigenvalue weighted by molar-refractivity contribution is -0.117. The number of nitrogens with zero attached hydrogens (tertiary/aromatic N) is 1. The van der Waals surface area contributed by atoms with Gasteiger partial charge in [-0.25, -0.2) is 4.99 Å². The molecular formula is C24H21N3O4. The average molecular weight is 415 g/mol. The Kier molecular flexibility index (Phi) is 5.66. The number of rotatable bonds is 5. The van der Waals surface area contributed by atoms with Gasteiger partial charge < -0.3 is 20.1 Å². The van der Waals surface area contributed by atoms with Crippen molar-refractivity contribution in [3.63, 3.8) is 0 Å². The highest BCUT2D eigenvalue weighted by molar-refractivity contribution is 6.20. The molecule has 4 rings (SSSR count). The van der Waals surface area contributed by atoms with Gasteiger partial charge in [-0.15, -0.1) is 0 Å². The number of hydrogen-bond donors (Lipinski definition) is 2. The van der Waals surface area contributed by atoms with E-state index in [1.807, 2.05) is 48.5 Å². The van der Waals surface area contributed by atoms with E-state index in [2.05, 4.69) is 15.6 Å². The molecule has 0 saturated carbocycles. The summed E-state index contributed by atoms with van der Waals surface area (Å²) in [5.74, 6) is -0.0772. The third kappa shape index (κ3) is 4.11. The first-order valence-corrected chi connectivity index (χ1v) is 9.67. The molecule has 3 aromatic carbocycles. The predicted octanol–water partition coefficient (Wildman–Crippen LogP) is 3.25. The predicted molar refractivity (Wildman–Crippen MR) is 118 cm³/mol. The maximum Gasteiger partial charge on any atom is 0.269 e. The number of benzodiazepines with no additional fused rings is 1. The van der Waals surface area contributed by atoms with E-state index in [1.54, 1.807) is 24.3 Å². The van der Waals surface area contributed by atoms with Gasteiger partial charge in [-0.05, 0) is 24.3 Å². The molecule has 1 atom stereocenters. The molecule has 1 aliphatic rings. The van der Waals surface area contributed by atoms with Crippen molar-refractivity contribution in [3.05, 3.63) is 89.5 Å². The van der Waals surface area contributed by atoms with Gasteiger partial charge >= 0.3 is 0 Å². The minimum Gasteiger partial charge on any atom is -0.497 e. The van der Waals surface area contributed by atoms with E-state index in [-0.39, 0.29) is 5.56 Å². The molecule has 0 bridgehead atoms. The van der Waals surface area contributed by atoms with Gasteiger partial charge in [0.25, 0.3) is 11.8 Å². The fourth-order valence-electron chi connectivity index (χ4n) is 3.37. The van der Waals surface area contributed by atoms with Crippen LogP contribution in [-0.2, 0) is 4.79 Å². The van der Waals surface area contributed by atoms with Gasteiger partial charge in [0.15, 0.2) is 0 Å². The maximum atomic E-state index is 13.0. The minimum absolute atomic E-state index is 0.243. The highest BCUT2D eigenvalue weighted by Gasteiger charge is 2.28. The van der Waals surface area contributed by atoms with Crippen LogP contribution in [0.1, 0.15) is 21.5 Å². The number of carbonyl (C=O) groups is 2. The molecule has 1 aliphatic heterocycles. The van der Waals surface area contributed by atoms with E-state index in [1.165, 1.54) is 14.2 Å². The van der Waals surface area contributed by atoms with E-state index in [4.69, 9.17) is 9.47 Å². The molecule has 2 amide bonds. The fraction of sp³-hybridized carbons (Fsp3) is 0.125. The molecule has 0 radical (unpaired) electrons. The van der Waals surface area contributed by atoms with Crippen molar-refractivity contribution in [2.75, 3.05) is 19.5 Å². The molecule has 0 aromatic heterocycles. The lowest BCUT2D eigenvalue weighted by atomic mass is 10.0. The zero-order chi connectivity index (χ0) is 21.8. The van der Waals surface area contributed by atoms with Crippen LogP contribution in [0.4, 0.5) is 5.69 Å². The molecule has 0 saturated heterocycles. The molecule has 3 aromatic rings. The maximum absolute atomic E-state index is 13.0. The Morgan fingerprint density at radius 2 is 1.71 bits per heavy atom. The highest BCUT2D eigenvalue weighted by atomic mass is 16.5. The number of nitrogens with one attached hydrogen (secondary N) is 2. The van der Waals surface area contributed by atoms with Crippen molar-refractivity contribution < 1.29 is 19.1 Å². The summed E-state index contributed by atoms with van der Waals surface area (Å²) in [6, 6.07) is 21.8. The average Bonchev–Trinajstić information content (AvgIpc) is 2.95. The SMILES string of the molecule is COc1ccc(OC)c(C(=O)NC2N=C(c3ccccc3)c3ccccc3NC2=O)c1. The minimum atomic E-state index is -1.13. The second-order valence-electron chi connectivity index (χ2n) is 6.82. The first-order chi connectivity index (χ1) is 15.1. The Labute approximate surface area is 179 Å². The quantitative estimate of drug-likeness (QED) is 0.670. The summed E-state index contributed by atoms with van der Waals surface area (Å²) in [6.07, 6.45) is -1.13. The molecule has 156 valence electrons. The van der Waals surface area contributed by atoms with Crippen LogP contribution in [-0.4, -0.2) is 37.9 Å². The van der Waals surface area contributed by atoms with Crippen LogP contribution in [0, 0.1) is 0 Å². The Morgan fingerprint density at radius 3 is 2.45 bits per heavy atom. The van der Waals surface area contributed by atoms with Crippen LogP contribution in [0.25, 0.3) is 0 Å². The molecule has 31 heavy (non-hydrogen) atoms. The molecule has 2 N–H and O–H groups in total. The standard InChI is InChI=1S/C24H21N3O4/c1-30-16-12-13-20(31-2)18(14-16)23(28)27-22-24(29)25-19-11-7-6-10-17(19)21(26-22)15-8-4-3-5-9-15/h3-14,22H,1-2H3,(H,25,29)(H,27,28). The van der Waals surface area contributed by atoms with E-state index in [0.717, 1.165) is 11.1 Å². The van der Waals surface area contributed by atoms with Crippen LogP contribution in [0.3, 0.4) is 0 Å². The van der Waals surface area contributed by atoms with Gasteiger partial charge in [0.2, 0.25) is 6.17 Å². The van der Waals surface area contributed by atoms with Crippen LogP contribution < -0.4 is 20.1 Å². The number of hydrogen-bond acceptors (Lipinski definition) is 5. The molecule has 0 fully saturated rings. The number of aliphatic imine (C=N–C) groups is 1. The second kappa shape index (κ2) is 8.71. The van der Waals surface area contributed by atoms with Crippen molar-refractivity contribution in [1.82, 2.24) is 5.32 Å². The number of amides is 2. The number of carbonyl (C=O) groups excluding carboxylic acids is 2. The molecule has 0 aliphatic carbocycles. The van der Waals surface area contributed by atoms with Gasteiger partial charge in [-0.2, -0.15) is 0 Å². The summed E-state index contributed by atoms with van der Waals surface area (Å²) in [6.45, 7) is 0. The van der Waals surface area contributed by atoms with Gasteiger partial charge in [0, 0.05) is 11.1 Å². The number of benzene rings is 3. The van der Waals surface area contributed by atoms with Crippen LogP contribution in [0.5, 0.6) is 11.5 Å². The molecule has 7 nitrogen and oxygen atoms in total. The number of ether oxygens (including phenoxy) is 2. The smallest absolute Gasteiger partial charge is 0.269 e. The third-order valence-corrected chi connectivity index (χ3v) is 4.91. The van der Waals surface area contributed by atoms with Crippen molar-refractivity contribution in [2.24, 2.45) is 4.99 Å². The Morgan fingerprint density at radius 1 is 0.968 bits per heavy atom. The van der Waals surface area contributed by atoms with Crippen molar-refractivity contribution in [2.45, 2.75) is 6.17 Å². The number of methoxy groups -OCH3 is 2. The first-order valence-electron chi connectivity index (χ1n) is 9.67. The van der Waals surface area contributed by atoms with Gasteiger partial charge in [0.1, 0.15) is 11.5 Å². The summed E-state index contributed by atoms with van der Waals surface area (Å²) in [5, 5.41) is 5.57. The molecular weight excluding hydrogens is 394 g/mol. The van der Waals surface area contributed by atoms with E-state index < -0.39 is 18.0 Å². The van der Waals surface area contributed by atoms with E-state index in [9.17, 15) is 9.59 Å². The van der Waals surface area contributed by atoms with Crippen molar-refractivity contribution in [3.8, 4) is 11.5 Å². The van der Waals surface area contributed by atoms with Gasteiger partial charge in [0.05, 0.1) is 31.2 Å². The number of para-hydroxylation sites is 1. The van der Waals surface area contributed by atoms with Crippen LogP contribution in [0.15, 0.2) is 77.8 Å². The fourth-order valence-corrected chi connectivity index (χ4v) is 3.37. The third-order valence-electron chi connectivity index (χ3n) is 4.91. The summed E-state index contributed by atoms with van der Waals surface area (Å²) in [4.78, 5) is 30.6. The van der Waals surface area contributed by atoms with Gasteiger partial charge in [-0.1, -0.05) is 48.5 Å². The number of anilines is 1. The Hall–Kier alpha value is -4.13. The molecule has 1 heterocycles.